The summed E-state index contributed by atoms with van der Waals surface area (Å²) in [7, 11) is 1.99. The molecule has 1 aliphatic carbocycles. The van der Waals surface area contributed by atoms with E-state index < -0.39 is 0 Å². The van der Waals surface area contributed by atoms with Crippen LogP contribution >= 0.6 is 0 Å². The van der Waals surface area contributed by atoms with Crippen molar-refractivity contribution in [2.75, 3.05) is 20.1 Å². The third-order valence-electron chi connectivity index (χ3n) is 3.85. The molecule has 1 saturated heterocycles. The predicted octanol–water partition coefficient (Wildman–Crippen LogP) is 1.39. The first-order valence-electron chi connectivity index (χ1n) is 6.24. The van der Waals surface area contributed by atoms with E-state index in [1.165, 1.54) is 32.1 Å². The Balaban J connectivity index is 1.77. The fourth-order valence-electron chi connectivity index (χ4n) is 2.56. The van der Waals surface area contributed by atoms with Crippen LogP contribution in [0.15, 0.2) is 0 Å². The zero-order chi connectivity index (χ0) is 10.7. The largest absolute Gasteiger partial charge is 0.343 e. The molecular weight excluding hydrogens is 188 g/mol. The Kier molecular flexibility index (Phi) is 3.62. The van der Waals surface area contributed by atoms with E-state index in [-0.39, 0.29) is 0 Å². The maximum absolute atomic E-state index is 11.9. The van der Waals surface area contributed by atoms with Crippen LogP contribution in [-0.4, -0.2) is 37.0 Å². The van der Waals surface area contributed by atoms with Crippen molar-refractivity contribution in [3.05, 3.63) is 0 Å². The highest BCUT2D eigenvalue weighted by Crippen LogP contribution is 2.23. The maximum Gasteiger partial charge on any atom is 0.222 e. The van der Waals surface area contributed by atoms with Crippen LogP contribution in [0.1, 0.15) is 38.5 Å². The van der Waals surface area contributed by atoms with Crippen LogP contribution < -0.4 is 5.32 Å². The monoisotopic (exact) mass is 210 g/mol. The number of hydrogen-bond acceptors (Lipinski definition) is 2. The van der Waals surface area contributed by atoms with Gasteiger partial charge in [0.15, 0.2) is 0 Å². The SMILES string of the molecule is CN(C(=O)CC1CNC1)C1CCCCC1. The van der Waals surface area contributed by atoms with Crippen molar-refractivity contribution >= 4 is 5.91 Å². The number of rotatable bonds is 3. The van der Waals surface area contributed by atoms with Gasteiger partial charge in [0.25, 0.3) is 0 Å². The molecule has 0 aromatic heterocycles. The predicted molar refractivity (Wildman–Crippen MR) is 60.6 cm³/mol. The molecule has 1 N–H and O–H groups in total. The van der Waals surface area contributed by atoms with Crippen LogP contribution in [0.25, 0.3) is 0 Å². The third-order valence-corrected chi connectivity index (χ3v) is 3.85. The summed E-state index contributed by atoms with van der Waals surface area (Å²) in [5, 5.41) is 3.21. The van der Waals surface area contributed by atoms with Crippen molar-refractivity contribution < 1.29 is 4.79 Å². The van der Waals surface area contributed by atoms with Gasteiger partial charge in [0.05, 0.1) is 0 Å². The van der Waals surface area contributed by atoms with Crippen LogP contribution in [0.2, 0.25) is 0 Å². The van der Waals surface area contributed by atoms with E-state index in [0.29, 0.717) is 17.9 Å². The molecule has 0 radical (unpaired) electrons. The molecule has 0 bridgehead atoms. The molecule has 1 heterocycles. The van der Waals surface area contributed by atoms with Crippen molar-refractivity contribution in [3.63, 3.8) is 0 Å². The van der Waals surface area contributed by atoms with E-state index in [0.717, 1.165) is 19.5 Å². The van der Waals surface area contributed by atoms with E-state index in [1.807, 2.05) is 11.9 Å². The van der Waals surface area contributed by atoms with Gasteiger partial charge >= 0.3 is 0 Å². The lowest BCUT2D eigenvalue weighted by molar-refractivity contribution is -0.133. The number of hydrogen-bond donors (Lipinski definition) is 1. The van der Waals surface area contributed by atoms with Gasteiger partial charge in [-0.15, -0.1) is 0 Å². The number of amides is 1. The molecule has 1 aliphatic heterocycles. The Morgan fingerprint density at radius 1 is 1.27 bits per heavy atom. The van der Waals surface area contributed by atoms with Crippen LogP contribution in [0.3, 0.4) is 0 Å². The van der Waals surface area contributed by atoms with Gasteiger partial charge in [-0.3, -0.25) is 4.79 Å². The van der Waals surface area contributed by atoms with E-state index in [9.17, 15) is 4.79 Å². The van der Waals surface area contributed by atoms with E-state index in [1.54, 1.807) is 0 Å². The smallest absolute Gasteiger partial charge is 0.222 e. The molecule has 0 unspecified atom stereocenters. The first-order valence-corrected chi connectivity index (χ1v) is 6.24. The van der Waals surface area contributed by atoms with E-state index in [4.69, 9.17) is 0 Å². The minimum atomic E-state index is 0.355. The Hall–Kier alpha value is -0.570. The summed E-state index contributed by atoms with van der Waals surface area (Å²) in [6.07, 6.45) is 7.13. The molecule has 2 aliphatic rings. The Morgan fingerprint density at radius 2 is 1.93 bits per heavy atom. The first kappa shape index (κ1) is 10.9. The van der Waals surface area contributed by atoms with Gasteiger partial charge in [-0.25, -0.2) is 0 Å². The van der Waals surface area contributed by atoms with E-state index >= 15 is 0 Å². The van der Waals surface area contributed by atoms with Gasteiger partial charge < -0.3 is 10.2 Å². The Morgan fingerprint density at radius 3 is 2.47 bits per heavy atom. The summed E-state index contributed by atoms with van der Waals surface area (Å²) in [5.74, 6) is 0.956. The zero-order valence-corrected chi connectivity index (χ0v) is 9.67. The fraction of sp³-hybridized carbons (Fsp3) is 0.917. The topological polar surface area (TPSA) is 32.3 Å². The summed E-state index contributed by atoms with van der Waals surface area (Å²) in [5.41, 5.74) is 0. The lowest BCUT2D eigenvalue weighted by atomic mass is 9.93. The second-order valence-electron chi connectivity index (χ2n) is 5.02. The van der Waals surface area contributed by atoms with Crippen molar-refractivity contribution in [2.24, 2.45) is 5.92 Å². The van der Waals surface area contributed by atoms with Crippen LogP contribution in [0, 0.1) is 5.92 Å². The highest BCUT2D eigenvalue weighted by molar-refractivity contribution is 5.76. The van der Waals surface area contributed by atoms with E-state index in [2.05, 4.69) is 5.32 Å². The highest BCUT2D eigenvalue weighted by atomic mass is 16.2. The maximum atomic E-state index is 11.9. The molecule has 0 aromatic carbocycles. The van der Waals surface area contributed by atoms with Crippen LogP contribution in [0.5, 0.6) is 0 Å². The van der Waals surface area contributed by atoms with Crippen molar-refractivity contribution in [1.29, 1.82) is 0 Å². The second kappa shape index (κ2) is 4.97. The number of nitrogens with one attached hydrogen (secondary N) is 1. The third kappa shape index (κ3) is 2.71. The molecule has 1 saturated carbocycles. The molecule has 0 spiro atoms. The number of nitrogens with zero attached hydrogens (tertiary/aromatic N) is 1. The summed E-state index contributed by atoms with van der Waals surface area (Å²) in [6.45, 7) is 2.06. The molecule has 0 atom stereocenters. The van der Waals surface area contributed by atoms with Gasteiger partial charge in [0.2, 0.25) is 5.91 Å². The van der Waals surface area contributed by atoms with Crippen molar-refractivity contribution in [2.45, 2.75) is 44.6 Å². The molecule has 86 valence electrons. The summed E-state index contributed by atoms with van der Waals surface area (Å²) < 4.78 is 0. The second-order valence-corrected chi connectivity index (χ2v) is 5.02. The fourth-order valence-corrected chi connectivity index (χ4v) is 2.56. The van der Waals surface area contributed by atoms with Crippen molar-refractivity contribution in [1.82, 2.24) is 10.2 Å². The molecule has 2 fully saturated rings. The highest BCUT2D eigenvalue weighted by Gasteiger charge is 2.26. The quantitative estimate of drug-likeness (QED) is 0.763. The van der Waals surface area contributed by atoms with Gasteiger partial charge in [-0.05, 0) is 31.8 Å². The van der Waals surface area contributed by atoms with Crippen molar-refractivity contribution in [3.8, 4) is 0 Å². The van der Waals surface area contributed by atoms with Gasteiger partial charge in [0.1, 0.15) is 0 Å². The van der Waals surface area contributed by atoms with Gasteiger partial charge in [0, 0.05) is 19.5 Å². The van der Waals surface area contributed by atoms with Gasteiger partial charge in [-0.2, -0.15) is 0 Å². The average molecular weight is 210 g/mol. The molecule has 1 amide bonds. The summed E-state index contributed by atoms with van der Waals surface area (Å²) in [4.78, 5) is 14.0. The first-order chi connectivity index (χ1) is 7.27. The average Bonchev–Trinajstić information content (AvgIpc) is 2.23. The molecule has 15 heavy (non-hydrogen) atoms. The normalized spacial score (nSPS) is 23.5. The van der Waals surface area contributed by atoms with Gasteiger partial charge in [-0.1, -0.05) is 19.3 Å². The Bertz CT molecular complexity index is 220. The zero-order valence-electron chi connectivity index (χ0n) is 9.67. The molecular formula is C12H22N2O. The minimum absolute atomic E-state index is 0.355. The van der Waals surface area contributed by atoms with Crippen LogP contribution in [-0.2, 0) is 4.79 Å². The standard InChI is InChI=1S/C12H22N2O/c1-14(11-5-3-2-4-6-11)12(15)7-10-8-13-9-10/h10-11,13H,2-9H2,1H3. The minimum Gasteiger partial charge on any atom is -0.343 e. The lowest BCUT2D eigenvalue weighted by Gasteiger charge is -2.34. The lowest BCUT2D eigenvalue weighted by Crippen LogP contribution is -2.46. The molecule has 3 nitrogen and oxygen atoms in total. The molecule has 0 aromatic rings. The molecule has 3 heteroatoms. The number of carbonyl (C=O) groups is 1. The number of carbonyl (C=O) groups excluding carboxylic acids is 1. The summed E-state index contributed by atoms with van der Waals surface area (Å²) in [6, 6.07) is 0.527. The Labute approximate surface area is 92.2 Å². The summed E-state index contributed by atoms with van der Waals surface area (Å²) >= 11 is 0. The van der Waals surface area contributed by atoms with Crippen LogP contribution in [0.4, 0.5) is 0 Å². The molecule has 2 rings (SSSR count).